The molecule has 0 bridgehead atoms. The van der Waals surface area contributed by atoms with E-state index < -0.39 is 0 Å². The highest BCUT2D eigenvalue weighted by molar-refractivity contribution is 5.17. The van der Waals surface area contributed by atoms with Crippen LogP contribution in [0.3, 0.4) is 0 Å². The second-order valence-electron chi connectivity index (χ2n) is 8.17. The summed E-state index contributed by atoms with van der Waals surface area (Å²) in [5, 5.41) is 20.6. The first-order chi connectivity index (χ1) is 10.0. The number of aliphatic hydroxyl groups excluding tert-OH is 2. The van der Waals surface area contributed by atoms with Gasteiger partial charge in [-0.15, -0.1) is 0 Å². The fraction of sp³-hybridized carbons (Fsp3) is 0.895. The molecule has 0 aliphatic heterocycles. The molecule has 2 nitrogen and oxygen atoms in total. The normalized spacial score (nSPS) is 46.2. The Balaban J connectivity index is 1.72. The van der Waals surface area contributed by atoms with Crippen LogP contribution in [0.1, 0.15) is 71.6 Å². The van der Waals surface area contributed by atoms with Crippen LogP contribution >= 0.6 is 0 Å². The van der Waals surface area contributed by atoms with Crippen molar-refractivity contribution in [1.29, 1.82) is 0 Å². The summed E-state index contributed by atoms with van der Waals surface area (Å²) in [5.41, 5.74) is 1.68. The summed E-state index contributed by atoms with van der Waals surface area (Å²) in [7, 11) is 0. The lowest BCUT2D eigenvalue weighted by Gasteiger charge is -2.50. The van der Waals surface area contributed by atoms with Gasteiger partial charge in [0.25, 0.3) is 0 Å². The van der Waals surface area contributed by atoms with Crippen LogP contribution in [0.2, 0.25) is 0 Å². The van der Waals surface area contributed by atoms with Crippen LogP contribution in [0.15, 0.2) is 11.6 Å². The minimum Gasteiger partial charge on any atom is -0.389 e. The summed E-state index contributed by atoms with van der Waals surface area (Å²) in [6.45, 7) is 4.58. The van der Waals surface area contributed by atoms with Gasteiger partial charge in [0.15, 0.2) is 0 Å². The van der Waals surface area contributed by atoms with E-state index >= 15 is 0 Å². The van der Waals surface area contributed by atoms with E-state index in [0.29, 0.717) is 5.41 Å². The van der Waals surface area contributed by atoms with Crippen molar-refractivity contribution in [2.75, 3.05) is 0 Å². The number of hydrogen-bond acceptors (Lipinski definition) is 2. The lowest BCUT2D eigenvalue weighted by atomic mass is 9.56. The van der Waals surface area contributed by atoms with Gasteiger partial charge < -0.3 is 10.2 Å². The molecule has 3 saturated carbocycles. The smallest absolute Gasteiger partial charge is 0.0754 e. The maximum atomic E-state index is 10.5. The Hall–Kier alpha value is -0.340. The Labute approximate surface area is 129 Å². The largest absolute Gasteiger partial charge is 0.389 e. The zero-order valence-electron chi connectivity index (χ0n) is 13.7. The van der Waals surface area contributed by atoms with Crippen LogP contribution in [-0.4, -0.2) is 22.4 Å². The summed E-state index contributed by atoms with van der Waals surface area (Å²) >= 11 is 0. The molecule has 0 amide bonds. The molecule has 3 aliphatic rings. The molecule has 0 aromatic carbocycles. The van der Waals surface area contributed by atoms with Gasteiger partial charge in [-0.3, -0.25) is 0 Å². The first-order valence-electron chi connectivity index (χ1n) is 9.10. The SMILES string of the molecule is CCCC(O)/C=C1\C[C@H]2CC[C@]3(C)CCCC3[C@H]2CC1O. The molecule has 0 spiro atoms. The zero-order valence-corrected chi connectivity index (χ0v) is 13.7. The first-order valence-corrected chi connectivity index (χ1v) is 9.10. The van der Waals surface area contributed by atoms with Crippen LogP contribution in [0, 0.1) is 23.2 Å². The molecule has 120 valence electrons. The van der Waals surface area contributed by atoms with E-state index in [1.807, 2.05) is 6.08 Å². The van der Waals surface area contributed by atoms with Crippen molar-refractivity contribution in [1.82, 2.24) is 0 Å². The van der Waals surface area contributed by atoms with E-state index in [1.165, 1.54) is 32.1 Å². The van der Waals surface area contributed by atoms with E-state index in [4.69, 9.17) is 0 Å². The van der Waals surface area contributed by atoms with Gasteiger partial charge in [-0.05, 0) is 73.7 Å². The Morgan fingerprint density at radius 1 is 1.33 bits per heavy atom. The lowest BCUT2D eigenvalue weighted by Crippen LogP contribution is -2.43. The molecule has 6 atom stereocenters. The molecule has 0 saturated heterocycles. The molecule has 0 aromatic heterocycles. The van der Waals surface area contributed by atoms with Gasteiger partial charge in [-0.2, -0.15) is 0 Å². The highest BCUT2D eigenvalue weighted by Crippen LogP contribution is 2.59. The Morgan fingerprint density at radius 2 is 2.14 bits per heavy atom. The minimum atomic E-state index is -0.364. The second kappa shape index (κ2) is 6.04. The van der Waals surface area contributed by atoms with Gasteiger partial charge in [0.05, 0.1) is 12.2 Å². The summed E-state index contributed by atoms with van der Waals surface area (Å²) in [6, 6.07) is 0. The van der Waals surface area contributed by atoms with Crippen molar-refractivity contribution in [2.24, 2.45) is 23.2 Å². The monoisotopic (exact) mass is 292 g/mol. The van der Waals surface area contributed by atoms with Crippen molar-refractivity contribution >= 4 is 0 Å². The average molecular weight is 292 g/mol. The Kier molecular flexibility index (Phi) is 4.47. The lowest BCUT2D eigenvalue weighted by molar-refractivity contribution is -0.00702. The molecule has 3 fully saturated rings. The molecule has 0 heterocycles. The summed E-state index contributed by atoms with van der Waals surface area (Å²) in [4.78, 5) is 0. The van der Waals surface area contributed by atoms with E-state index in [0.717, 1.165) is 49.0 Å². The Bertz CT molecular complexity index is 402. The van der Waals surface area contributed by atoms with Gasteiger partial charge in [0.1, 0.15) is 0 Å². The summed E-state index contributed by atoms with van der Waals surface area (Å²) in [5.74, 6) is 2.32. The number of rotatable bonds is 3. The van der Waals surface area contributed by atoms with E-state index in [1.54, 1.807) is 0 Å². The van der Waals surface area contributed by atoms with Gasteiger partial charge in [-0.1, -0.05) is 32.8 Å². The highest BCUT2D eigenvalue weighted by Gasteiger charge is 2.50. The van der Waals surface area contributed by atoms with Crippen LogP contribution in [-0.2, 0) is 0 Å². The van der Waals surface area contributed by atoms with E-state index in [2.05, 4.69) is 13.8 Å². The van der Waals surface area contributed by atoms with E-state index in [9.17, 15) is 10.2 Å². The van der Waals surface area contributed by atoms with E-state index in [-0.39, 0.29) is 12.2 Å². The van der Waals surface area contributed by atoms with Crippen molar-refractivity contribution in [3.63, 3.8) is 0 Å². The molecular formula is C19H32O2. The predicted octanol–water partition coefficient (Wildman–Crippen LogP) is 4.06. The molecular weight excluding hydrogens is 260 g/mol. The van der Waals surface area contributed by atoms with Gasteiger partial charge >= 0.3 is 0 Å². The van der Waals surface area contributed by atoms with Gasteiger partial charge in [0, 0.05) is 0 Å². The van der Waals surface area contributed by atoms with Crippen molar-refractivity contribution in [3.8, 4) is 0 Å². The van der Waals surface area contributed by atoms with Crippen molar-refractivity contribution in [2.45, 2.75) is 83.8 Å². The topological polar surface area (TPSA) is 40.5 Å². The maximum Gasteiger partial charge on any atom is 0.0754 e. The maximum absolute atomic E-state index is 10.5. The third-order valence-corrected chi connectivity index (χ3v) is 6.78. The standard InChI is InChI=1S/C19H32O2/c1-3-5-15(20)11-14-10-13-7-9-19(2)8-4-6-17(19)16(13)12-18(14)21/h11,13,15-18,20-21H,3-10,12H2,1-2H3/b14-11+/t13-,15?,16+,17?,18?,19+/m1/s1. The average Bonchev–Trinajstić information content (AvgIpc) is 2.82. The van der Waals surface area contributed by atoms with Gasteiger partial charge in [-0.25, -0.2) is 0 Å². The molecule has 0 radical (unpaired) electrons. The fourth-order valence-electron chi connectivity index (χ4n) is 5.62. The zero-order chi connectivity index (χ0) is 15.0. The number of fused-ring (bicyclic) bond motifs is 3. The van der Waals surface area contributed by atoms with Crippen LogP contribution in [0.25, 0.3) is 0 Å². The first kappa shape index (κ1) is 15.6. The molecule has 3 unspecified atom stereocenters. The van der Waals surface area contributed by atoms with Crippen molar-refractivity contribution < 1.29 is 10.2 Å². The molecule has 21 heavy (non-hydrogen) atoms. The molecule has 2 heteroatoms. The summed E-state index contributed by atoms with van der Waals surface area (Å²) < 4.78 is 0. The molecule has 3 rings (SSSR count). The van der Waals surface area contributed by atoms with Crippen LogP contribution < -0.4 is 0 Å². The molecule has 2 N–H and O–H groups in total. The quantitative estimate of drug-likeness (QED) is 0.770. The predicted molar refractivity (Wildman–Crippen MR) is 85.9 cm³/mol. The minimum absolute atomic E-state index is 0.305. The van der Waals surface area contributed by atoms with Gasteiger partial charge in [0.2, 0.25) is 0 Å². The van der Waals surface area contributed by atoms with Crippen molar-refractivity contribution in [3.05, 3.63) is 11.6 Å². The van der Waals surface area contributed by atoms with Crippen LogP contribution in [0.4, 0.5) is 0 Å². The van der Waals surface area contributed by atoms with Crippen LogP contribution in [0.5, 0.6) is 0 Å². The Morgan fingerprint density at radius 3 is 2.90 bits per heavy atom. The third-order valence-electron chi connectivity index (χ3n) is 6.78. The summed E-state index contributed by atoms with van der Waals surface area (Å²) in [6.07, 6.45) is 11.9. The second-order valence-corrected chi connectivity index (χ2v) is 8.17. The highest BCUT2D eigenvalue weighted by atomic mass is 16.3. The fourth-order valence-corrected chi connectivity index (χ4v) is 5.62. The third kappa shape index (κ3) is 2.94. The molecule has 3 aliphatic carbocycles. The number of aliphatic hydroxyl groups is 2. The number of hydrogen-bond donors (Lipinski definition) is 2. The molecule has 0 aromatic rings.